The van der Waals surface area contributed by atoms with Crippen molar-refractivity contribution in [2.24, 2.45) is 0 Å². The normalized spacial score (nSPS) is 18.4. The zero-order chi connectivity index (χ0) is 21.0. The third kappa shape index (κ3) is 5.94. The van der Waals surface area contributed by atoms with Gasteiger partial charge in [-0.3, -0.25) is 4.79 Å². The third-order valence-corrected chi connectivity index (χ3v) is 7.22. The lowest BCUT2D eigenvalue weighted by molar-refractivity contribution is -0.128. The molecular weight excluding hydrogens is 406 g/mol. The molecule has 0 N–H and O–H groups in total. The fraction of sp³-hybridized carbons (Fsp3) is 0.348. The lowest BCUT2D eigenvalue weighted by Gasteiger charge is -2.27. The van der Waals surface area contributed by atoms with Gasteiger partial charge in [0, 0.05) is 23.7 Å². The predicted molar refractivity (Wildman–Crippen MR) is 119 cm³/mol. The van der Waals surface area contributed by atoms with Crippen LogP contribution in [0.3, 0.4) is 0 Å². The van der Waals surface area contributed by atoms with Gasteiger partial charge in [-0.05, 0) is 47.2 Å². The first-order valence-corrected chi connectivity index (χ1v) is 12.0. The van der Waals surface area contributed by atoms with Gasteiger partial charge in [-0.2, -0.15) is 0 Å². The summed E-state index contributed by atoms with van der Waals surface area (Å²) in [5.74, 6) is 0.408. The number of hydrogen-bond acceptors (Lipinski definition) is 3. The second-order valence-corrected chi connectivity index (χ2v) is 10.5. The largest absolute Gasteiger partial charge is 0.331 e. The Kier molecular flexibility index (Phi) is 6.81. The Balaban J connectivity index is 1.80. The molecule has 0 aliphatic carbocycles. The standard InChI is InChI=1S/C23H26ClNO3S/c1-17(2)20-8-3-19(4-9-20)15-25(22-13-14-29(27,28)16-22)23(26)12-7-18-5-10-21(24)11-6-18/h3-12,17,22H,13-16H2,1-2H3/b12-7+. The maximum absolute atomic E-state index is 13.0. The molecule has 1 aliphatic rings. The summed E-state index contributed by atoms with van der Waals surface area (Å²) in [7, 11) is -3.09. The molecular formula is C23H26ClNO3S. The van der Waals surface area contributed by atoms with E-state index in [9.17, 15) is 13.2 Å². The van der Waals surface area contributed by atoms with Gasteiger partial charge in [0.1, 0.15) is 0 Å². The van der Waals surface area contributed by atoms with Crippen molar-refractivity contribution in [1.29, 1.82) is 0 Å². The Labute approximate surface area is 178 Å². The van der Waals surface area contributed by atoms with Crippen LogP contribution in [-0.2, 0) is 21.2 Å². The van der Waals surface area contributed by atoms with Crippen LogP contribution in [0, 0.1) is 0 Å². The number of sulfone groups is 1. The molecule has 0 spiro atoms. The Bertz CT molecular complexity index is 980. The Morgan fingerprint density at radius 2 is 1.79 bits per heavy atom. The fourth-order valence-corrected chi connectivity index (χ4v) is 5.31. The van der Waals surface area contributed by atoms with Crippen LogP contribution < -0.4 is 0 Å². The van der Waals surface area contributed by atoms with Gasteiger partial charge in [0.2, 0.25) is 5.91 Å². The average molecular weight is 432 g/mol. The molecule has 0 bridgehead atoms. The summed E-state index contributed by atoms with van der Waals surface area (Å²) in [5.41, 5.74) is 3.09. The summed E-state index contributed by atoms with van der Waals surface area (Å²) in [4.78, 5) is 14.7. The van der Waals surface area contributed by atoms with E-state index in [0.29, 0.717) is 23.9 Å². The minimum absolute atomic E-state index is 0.0254. The highest BCUT2D eigenvalue weighted by atomic mass is 35.5. The molecule has 3 rings (SSSR count). The highest BCUT2D eigenvalue weighted by Crippen LogP contribution is 2.22. The van der Waals surface area contributed by atoms with Gasteiger partial charge in [0.15, 0.2) is 9.84 Å². The summed E-state index contributed by atoms with van der Waals surface area (Å²) < 4.78 is 24.0. The monoisotopic (exact) mass is 431 g/mol. The Morgan fingerprint density at radius 3 is 2.34 bits per heavy atom. The van der Waals surface area contributed by atoms with Crippen LogP contribution >= 0.6 is 11.6 Å². The van der Waals surface area contributed by atoms with E-state index >= 15 is 0 Å². The lowest BCUT2D eigenvalue weighted by atomic mass is 10.0. The highest BCUT2D eigenvalue weighted by Gasteiger charge is 2.34. The van der Waals surface area contributed by atoms with Crippen LogP contribution in [0.25, 0.3) is 6.08 Å². The van der Waals surface area contributed by atoms with E-state index in [1.165, 1.54) is 11.6 Å². The van der Waals surface area contributed by atoms with Crippen molar-refractivity contribution in [3.8, 4) is 0 Å². The smallest absolute Gasteiger partial charge is 0.247 e. The van der Waals surface area contributed by atoms with Crippen molar-refractivity contribution in [2.45, 2.75) is 38.8 Å². The van der Waals surface area contributed by atoms with Crippen molar-refractivity contribution in [2.75, 3.05) is 11.5 Å². The number of amides is 1. The fourth-order valence-electron chi connectivity index (χ4n) is 3.45. The minimum Gasteiger partial charge on any atom is -0.331 e. The van der Waals surface area contributed by atoms with E-state index in [1.807, 2.05) is 24.3 Å². The summed E-state index contributed by atoms with van der Waals surface area (Å²) in [5, 5.41) is 0.635. The first kappa shape index (κ1) is 21.6. The molecule has 0 aromatic heterocycles. The zero-order valence-electron chi connectivity index (χ0n) is 16.7. The number of hydrogen-bond donors (Lipinski definition) is 0. The molecule has 1 saturated heterocycles. The van der Waals surface area contributed by atoms with Crippen LogP contribution in [0.4, 0.5) is 0 Å². The molecule has 1 atom stereocenters. The van der Waals surface area contributed by atoms with E-state index in [4.69, 9.17) is 11.6 Å². The second-order valence-electron chi connectivity index (χ2n) is 7.80. The van der Waals surface area contributed by atoms with Gasteiger partial charge in [0.25, 0.3) is 0 Å². The Hall–Kier alpha value is -2.11. The first-order chi connectivity index (χ1) is 13.7. The van der Waals surface area contributed by atoms with Crippen molar-refractivity contribution < 1.29 is 13.2 Å². The number of nitrogens with zero attached hydrogens (tertiary/aromatic N) is 1. The van der Waals surface area contributed by atoms with Crippen molar-refractivity contribution in [1.82, 2.24) is 4.90 Å². The molecule has 29 heavy (non-hydrogen) atoms. The Morgan fingerprint density at radius 1 is 1.14 bits per heavy atom. The maximum atomic E-state index is 13.0. The van der Waals surface area contributed by atoms with Crippen LogP contribution in [0.5, 0.6) is 0 Å². The molecule has 1 amide bonds. The third-order valence-electron chi connectivity index (χ3n) is 5.22. The van der Waals surface area contributed by atoms with Crippen LogP contribution in [0.2, 0.25) is 5.02 Å². The number of carbonyl (C=O) groups excluding carboxylic acids is 1. The van der Waals surface area contributed by atoms with E-state index in [1.54, 1.807) is 23.1 Å². The van der Waals surface area contributed by atoms with Gasteiger partial charge in [-0.1, -0.05) is 61.8 Å². The molecule has 154 valence electrons. The predicted octanol–water partition coefficient (Wildman–Crippen LogP) is 4.69. The number of benzene rings is 2. The van der Waals surface area contributed by atoms with E-state index in [2.05, 4.69) is 26.0 Å². The number of rotatable bonds is 6. The van der Waals surface area contributed by atoms with Crippen LogP contribution in [0.15, 0.2) is 54.6 Å². The van der Waals surface area contributed by atoms with E-state index in [0.717, 1.165) is 11.1 Å². The molecule has 2 aromatic rings. The van der Waals surface area contributed by atoms with Crippen molar-refractivity contribution >= 4 is 33.4 Å². The summed E-state index contributed by atoms with van der Waals surface area (Å²) in [6, 6.07) is 15.1. The van der Waals surface area contributed by atoms with Crippen LogP contribution in [0.1, 0.15) is 42.9 Å². The highest BCUT2D eigenvalue weighted by molar-refractivity contribution is 7.91. The molecule has 1 heterocycles. The van der Waals surface area contributed by atoms with Gasteiger partial charge in [-0.25, -0.2) is 8.42 Å². The average Bonchev–Trinajstić information content (AvgIpc) is 3.05. The number of halogens is 1. The molecule has 0 radical (unpaired) electrons. The summed E-state index contributed by atoms with van der Waals surface area (Å²) >= 11 is 5.90. The molecule has 1 fully saturated rings. The molecule has 6 heteroatoms. The van der Waals surface area contributed by atoms with E-state index in [-0.39, 0.29) is 23.5 Å². The lowest BCUT2D eigenvalue weighted by Crippen LogP contribution is -2.39. The second kappa shape index (κ2) is 9.14. The maximum Gasteiger partial charge on any atom is 0.247 e. The van der Waals surface area contributed by atoms with Gasteiger partial charge in [0.05, 0.1) is 11.5 Å². The van der Waals surface area contributed by atoms with E-state index < -0.39 is 9.84 Å². The summed E-state index contributed by atoms with van der Waals surface area (Å²) in [6.45, 7) is 4.66. The topological polar surface area (TPSA) is 54.5 Å². The molecule has 0 saturated carbocycles. The molecule has 2 aromatic carbocycles. The quantitative estimate of drug-likeness (QED) is 0.623. The molecule has 1 unspecified atom stereocenters. The van der Waals surface area contributed by atoms with Crippen molar-refractivity contribution in [3.05, 3.63) is 76.3 Å². The zero-order valence-corrected chi connectivity index (χ0v) is 18.3. The summed E-state index contributed by atoms with van der Waals surface area (Å²) in [6.07, 6.45) is 3.72. The SMILES string of the molecule is CC(C)c1ccc(CN(C(=O)/C=C/c2ccc(Cl)cc2)C2CCS(=O)(=O)C2)cc1. The minimum atomic E-state index is -3.09. The van der Waals surface area contributed by atoms with Gasteiger partial charge < -0.3 is 4.90 Å². The van der Waals surface area contributed by atoms with Gasteiger partial charge >= 0.3 is 0 Å². The number of carbonyl (C=O) groups is 1. The molecule has 1 aliphatic heterocycles. The van der Waals surface area contributed by atoms with Crippen molar-refractivity contribution in [3.63, 3.8) is 0 Å². The van der Waals surface area contributed by atoms with Gasteiger partial charge in [-0.15, -0.1) is 0 Å². The molecule has 4 nitrogen and oxygen atoms in total. The first-order valence-electron chi connectivity index (χ1n) is 9.77. The van der Waals surface area contributed by atoms with Crippen LogP contribution in [-0.4, -0.2) is 36.8 Å².